The number of ether oxygens (including phenoxy) is 1. The molecule has 7 nitrogen and oxygen atoms in total. The summed E-state index contributed by atoms with van der Waals surface area (Å²) >= 11 is 0. The molecule has 3 rings (SSSR count). The van der Waals surface area contributed by atoms with Gasteiger partial charge < -0.3 is 19.9 Å². The van der Waals surface area contributed by atoms with Gasteiger partial charge in [-0.3, -0.25) is 0 Å². The molecule has 7 heteroatoms. The first-order chi connectivity index (χ1) is 14.2. The van der Waals surface area contributed by atoms with Crippen LogP contribution in [0, 0.1) is 6.92 Å². The fourth-order valence-electron chi connectivity index (χ4n) is 3.45. The molecule has 2 N–H and O–H groups in total. The summed E-state index contributed by atoms with van der Waals surface area (Å²) in [6.07, 6.45) is 7.98. The number of hydrogen-bond acceptors (Lipinski definition) is 4. The molecule has 1 aromatic heterocycles. The molecule has 0 saturated heterocycles. The second-order valence-electron chi connectivity index (χ2n) is 7.43. The monoisotopic (exact) mass is 396 g/mol. The van der Waals surface area contributed by atoms with Crippen molar-refractivity contribution in [3.63, 3.8) is 0 Å². The van der Waals surface area contributed by atoms with Crippen molar-refractivity contribution in [1.82, 2.24) is 25.4 Å². The van der Waals surface area contributed by atoms with Gasteiger partial charge in [-0.05, 0) is 25.8 Å². The summed E-state index contributed by atoms with van der Waals surface area (Å²) in [6.45, 7) is 7.26. The van der Waals surface area contributed by atoms with E-state index in [0.717, 1.165) is 28.9 Å². The number of aliphatic imine (C=N–C) groups is 1. The molecule has 29 heavy (non-hydrogen) atoms. The highest BCUT2D eigenvalue weighted by molar-refractivity contribution is 5.80. The molecule has 0 atom stereocenters. The average Bonchev–Trinajstić information content (AvgIpc) is 3.07. The molecule has 2 aromatic rings. The molecule has 1 aromatic carbocycles. The normalized spacial score (nSPS) is 15.2. The van der Waals surface area contributed by atoms with Gasteiger partial charge in [0, 0.05) is 18.7 Å². The van der Waals surface area contributed by atoms with Crippen molar-refractivity contribution in [1.29, 1.82) is 0 Å². The van der Waals surface area contributed by atoms with Gasteiger partial charge in [-0.1, -0.05) is 50.1 Å². The van der Waals surface area contributed by atoms with Gasteiger partial charge >= 0.3 is 0 Å². The molecule has 1 aliphatic carbocycles. The Bertz CT molecular complexity index is 822. The minimum atomic E-state index is 0.462. The van der Waals surface area contributed by atoms with Crippen LogP contribution in [0.1, 0.15) is 49.3 Å². The highest BCUT2D eigenvalue weighted by Crippen LogP contribution is 2.20. The van der Waals surface area contributed by atoms with E-state index in [1.165, 1.54) is 32.1 Å². The van der Waals surface area contributed by atoms with E-state index in [0.29, 0.717) is 25.7 Å². The number of aryl methyl sites for hydroxylation is 1. The lowest BCUT2D eigenvalue weighted by Crippen LogP contribution is -2.44. The molecule has 156 valence electrons. The van der Waals surface area contributed by atoms with Crippen LogP contribution in [0.5, 0.6) is 5.75 Å². The predicted molar refractivity (Wildman–Crippen MR) is 116 cm³/mol. The highest BCUT2D eigenvalue weighted by atomic mass is 16.5. The maximum Gasteiger partial charge on any atom is 0.192 e. The lowest BCUT2D eigenvalue weighted by atomic mass is 9.96. The van der Waals surface area contributed by atoms with Crippen LogP contribution in [-0.4, -0.2) is 33.4 Å². The fraction of sp³-hybridized carbons (Fsp3) is 0.500. The van der Waals surface area contributed by atoms with E-state index in [1.54, 1.807) is 6.08 Å². The lowest BCUT2D eigenvalue weighted by Gasteiger charge is -2.25. The molecule has 0 radical (unpaired) electrons. The van der Waals surface area contributed by atoms with E-state index in [1.807, 2.05) is 42.8 Å². The Balaban J connectivity index is 1.71. The Morgan fingerprint density at radius 1 is 1.28 bits per heavy atom. The maximum atomic E-state index is 5.77. The third-order valence-electron chi connectivity index (χ3n) is 5.28. The van der Waals surface area contributed by atoms with Crippen LogP contribution in [0.25, 0.3) is 0 Å². The number of nitrogens with zero attached hydrogens (tertiary/aromatic N) is 4. The predicted octanol–water partition coefficient (Wildman–Crippen LogP) is 3.26. The number of hydrogen-bond donors (Lipinski definition) is 2. The molecule has 1 aliphatic rings. The average molecular weight is 397 g/mol. The van der Waals surface area contributed by atoms with Crippen LogP contribution < -0.4 is 15.4 Å². The third kappa shape index (κ3) is 6.07. The largest absolute Gasteiger partial charge is 0.489 e. The fourth-order valence-corrected chi connectivity index (χ4v) is 3.45. The first-order valence-corrected chi connectivity index (χ1v) is 10.4. The molecule has 1 saturated carbocycles. The van der Waals surface area contributed by atoms with Crippen LogP contribution in [0.3, 0.4) is 0 Å². The molecular formula is C22H32N6O. The Morgan fingerprint density at radius 2 is 2.07 bits per heavy atom. The van der Waals surface area contributed by atoms with E-state index >= 15 is 0 Å². The van der Waals surface area contributed by atoms with Gasteiger partial charge in [-0.15, -0.1) is 10.2 Å². The van der Waals surface area contributed by atoms with E-state index in [9.17, 15) is 0 Å². The van der Waals surface area contributed by atoms with Crippen molar-refractivity contribution in [2.45, 2.75) is 58.2 Å². The van der Waals surface area contributed by atoms with E-state index in [-0.39, 0.29) is 0 Å². The van der Waals surface area contributed by atoms with Gasteiger partial charge in [0.15, 0.2) is 11.8 Å². The first kappa shape index (κ1) is 20.9. The highest BCUT2D eigenvalue weighted by Gasteiger charge is 2.15. The zero-order valence-electron chi connectivity index (χ0n) is 17.5. The number of benzene rings is 1. The van der Waals surface area contributed by atoms with Crippen LogP contribution >= 0.6 is 0 Å². The van der Waals surface area contributed by atoms with Crippen LogP contribution in [0.2, 0.25) is 0 Å². The molecule has 0 spiro atoms. The molecule has 0 amide bonds. The number of rotatable bonds is 8. The van der Waals surface area contributed by atoms with Gasteiger partial charge in [-0.25, -0.2) is 4.99 Å². The number of para-hydroxylation sites is 1. The SMILES string of the molecule is C=CCOc1ccccc1CN=C(NCc1nnc(C)n1C)NC1CCCCC1. The van der Waals surface area contributed by atoms with Crippen molar-refractivity contribution in [3.05, 3.63) is 54.1 Å². The van der Waals surface area contributed by atoms with E-state index in [2.05, 4.69) is 27.4 Å². The second kappa shape index (κ2) is 10.6. The van der Waals surface area contributed by atoms with Gasteiger partial charge in [0.2, 0.25) is 0 Å². The van der Waals surface area contributed by atoms with Crippen molar-refractivity contribution in [2.75, 3.05) is 6.61 Å². The molecule has 0 unspecified atom stereocenters. The summed E-state index contributed by atoms with van der Waals surface area (Å²) in [7, 11) is 1.98. The molecular weight excluding hydrogens is 364 g/mol. The van der Waals surface area contributed by atoms with E-state index < -0.39 is 0 Å². The van der Waals surface area contributed by atoms with Gasteiger partial charge in [0.25, 0.3) is 0 Å². The van der Waals surface area contributed by atoms with Crippen molar-refractivity contribution in [3.8, 4) is 5.75 Å². The molecule has 1 fully saturated rings. The summed E-state index contributed by atoms with van der Waals surface area (Å²) in [5.74, 6) is 3.43. The van der Waals surface area contributed by atoms with Gasteiger partial charge in [-0.2, -0.15) is 0 Å². The van der Waals surface area contributed by atoms with Crippen molar-refractivity contribution < 1.29 is 4.74 Å². The summed E-state index contributed by atoms with van der Waals surface area (Å²) in [5.41, 5.74) is 1.05. The van der Waals surface area contributed by atoms with Crippen molar-refractivity contribution >= 4 is 5.96 Å². The topological polar surface area (TPSA) is 76.4 Å². The molecule has 1 heterocycles. The smallest absolute Gasteiger partial charge is 0.192 e. The quantitative estimate of drug-likeness (QED) is 0.407. The zero-order valence-corrected chi connectivity index (χ0v) is 17.5. The lowest BCUT2D eigenvalue weighted by molar-refractivity contribution is 0.359. The Kier molecular flexibility index (Phi) is 7.67. The zero-order chi connectivity index (χ0) is 20.5. The molecule has 0 bridgehead atoms. The van der Waals surface area contributed by atoms with Crippen LogP contribution in [0.4, 0.5) is 0 Å². The number of guanidine groups is 1. The third-order valence-corrected chi connectivity index (χ3v) is 5.28. The summed E-state index contributed by atoms with van der Waals surface area (Å²) in [5, 5.41) is 15.4. The minimum absolute atomic E-state index is 0.462. The summed E-state index contributed by atoms with van der Waals surface area (Å²) in [4.78, 5) is 4.84. The summed E-state index contributed by atoms with van der Waals surface area (Å²) < 4.78 is 7.76. The van der Waals surface area contributed by atoms with E-state index in [4.69, 9.17) is 9.73 Å². The van der Waals surface area contributed by atoms with Gasteiger partial charge in [0.1, 0.15) is 18.2 Å². The Morgan fingerprint density at radius 3 is 2.79 bits per heavy atom. The number of nitrogens with one attached hydrogen (secondary N) is 2. The number of aromatic nitrogens is 3. The standard InChI is InChI=1S/C22H32N6O/c1-4-14-29-20-13-9-8-10-18(20)15-23-22(25-19-11-6-5-7-12-19)24-16-21-27-26-17(2)28(21)3/h4,8-10,13,19H,1,5-7,11-12,14-16H2,2-3H3,(H2,23,24,25). The van der Waals surface area contributed by atoms with Crippen molar-refractivity contribution in [2.24, 2.45) is 12.0 Å². The Labute approximate surface area is 173 Å². The maximum absolute atomic E-state index is 5.77. The Hall–Kier alpha value is -2.83. The first-order valence-electron chi connectivity index (χ1n) is 10.4. The summed E-state index contributed by atoms with van der Waals surface area (Å²) in [6, 6.07) is 8.46. The van der Waals surface area contributed by atoms with Gasteiger partial charge in [0.05, 0.1) is 13.1 Å². The van der Waals surface area contributed by atoms with Crippen LogP contribution in [0.15, 0.2) is 41.9 Å². The minimum Gasteiger partial charge on any atom is -0.489 e. The van der Waals surface area contributed by atoms with Crippen LogP contribution in [-0.2, 0) is 20.1 Å². The second-order valence-corrected chi connectivity index (χ2v) is 7.43. The molecule has 0 aliphatic heterocycles.